The number of H-pyrrole nitrogens is 2. The molecule has 0 bridgehead atoms. The van der Waals surface area contributed by atoms with Gasteiger partial charge in [0, 0.05) is 34.1 Å². The van der Waals surface area contributed by atoms with E-state index in [-0.39, 0.29) is 27.9 Å². The Morgan fingerprint density at radius 2 is 2.00 bits per heavy atom. The van der Waals surface area contributed by atoms with Crippen LogP contribution >= 0.6 is 0 Å². The second kappa shape index (κ2) is 3.55. The molecule has 0 spiro atoms. The van der Waals surface area contributed by atoms with Gasteiger partial charge in [-0.25, -0.2) is 4.79 Å². The summed E-state index contributed by atoms with van der Waals surface area (Å²) in [4.78, 5) is 25.3. The summed E-state index contributed by atoms with van der Waals surface area (Å²) in [6, 6.07) is 0. The number of aromatic nitrogens is 2. The molecule has 1 radical (unpaired) electrons. The van der Waals surface area contributed by atoms with Gasteiger partial charge in [0.05, 0.1) is 0 Å². The number of nitrogens with one attached hydrogen (secondary N) is 2. The predicted octanol–water partition coefficient (Wildman–Crippen LogP) is -0.631. The fraction of sp³-hybridized carbons (Fsp3) is 0.200. The van der Waals surface area contributed by atoms with Gasteiger partial charge in [0.15, 0.2) is 0 Å². The first-order chi connectivity index (χ1) is 4.20. The monoisotopic (exact) mass is 323 g/mol. The number of rotatable bonds is 0. The predicted molar refractivity (Wildman–Crippen MR) is 32.4 cm³/mol. The summed E-state index contributed by atoms with van der Waals surface area (Å²) >= 11 is 0. The Hall–Kier alpha value is -0.580. The van der Waals surface area contributed by atoms with Crippen LogP contribution in [-0.4, -0.2) is 9.97 Å². The summed E-state index contributed by atoms with van der Waals surface area (Å²) in [5.74, 6) is 0. The van der Waals surface area contributed by atoms with Crippen LogP contribution in [0.4, 0.5) is 0 Å². The van der Waals surface area contributed by atoms with Gasteiger partial charge in [-0.15, -0.1) is 0 Å². The molecule has 0 aromatic carbocycles. The summed E-state index contributed by atoms with van der Waals surface area (Å²) < 4.78 is 0. The largest absolute Gasteiger partial charge is 0.325 e. The SMILES string of the molecule is Cc1c[nH]c(=O)[nH]c1=O.[Au]. The van der Waals surface area contributed by atoms with E-state index in [9.17, 15) is 9.59 Å². The van der Waals surface area contributed by atoms with E-state index < -0.39 is 5.69 Å². The number of hydrogen-bond acceptors (Lipinski definition) is 2. The van der Waals surface area contributed by atoms with Crippen LogP contribution in [0.5, 0.6) is 0 Å². The van der Waals surface area contributed by atoms with E-state index in [1.165, 1.54) is 6.20 Å². The topological polar surface area (TPSA) is 65.7 Å². The fourth-order valence-electron chi connectivity index (χ4n) is 0.477. The van der Waals surface area contributed by atoms with E-state index in [4.69, 9.17) is 0 Å². The third-order valence-electron chi connectivity index (χ3n) is 1.00. The van der Waals surface area contributed by atoms with Gasteiger partial charge >= 0.3 is 5.69 Å². The molecule has 1 aromatic heterocycles. The first kappa shape index (κ1) is 9.42. The fourth-order valence-corrected chi connectivity index (χ4v) is 0.477. The van der Waals surface area contributed by atoms with Crippen LogP contribution < -0.4 is 11.2 Å². The molecule has 10 heavy (non-hydrogen) atoms. The average Bonchev–Trinajstić information content (AvgIpc) is 1.80. The van der Waals surface area contributed by atoms with E-state index in [1.54, 1.807) is 6.92 Å². The first-order valence-corrected chi connectivity index (χ1v) is 2.49. The smallest absolute Gasteiger partial charge is 0.314 e. The zero-order chi connectivity index (χ0) is 6.85. The Labute approximate surface area is 72.2 Å². The van der Waals surface area contributed by atoms with E-state index in [0.29, 0.717) is 5.56 Å². The van der Waals surface area contributed by atoms with Crippen molar-refractivity contribution in [2.75, 3.05) is 0 Å². The van der Waals surface area contributed by atoms with Crippen molar-refractivity contribution in [1.29, 1.82) is 0 Å². The standard InChI is InChI=1S/C5H6N2O2.Au/c1-3-2-6-5(9)7-4(3)8;/h2H,1H3,(H2,6,7,8,9);. The van der Waals surface area contributed by atoms with Gasteiger partial charge in [-0.2, -0.15) is 0 Å². The van der Waals surface area contributed by atoms with E-state index in [1.807, 2.05) is 0 Å². The van der Waals surface area contributed by atoms with Crippen molar-refractivity contribution in [3.05, 3.63) is 32.6 Å². The number of hydrogen-bond donors (Lipinski definition) is 2. The van der Waals surface area contributed by atoms with Crippen molar-refractivity contribution in [3.8, 4) is 0 Å². The second-order valence-electron chi connectivity index (χ2n) is 1.75. The molecule has 2 N–H and O–H groups in total. The molecule has 4 nitrogen and oxygen atoms in total. The van der Waals surface area contributed by atoms with E-state index in [2.05, 4.69) is 9.97 Å². The molecule has 59 valence electrons. The maximum atomic E-state index is 10.6. The second-order valence-corrected chi connectivity index (χ2v) is 1.75. The maximum absolute atomic E-state index is 10.6. The summed E-state index contributed by atoms with van der Waals surface area (Å²) in [6.07, 6.45) is 1.38. The van der Waals surface area contributed by atoms with Gasteiger partial charge in [-0.3, -0.25) is 9.78 Å². The van der Waals surface area contributed by atoms with Gasteiger partial charge in [0.25, 0.3) is 5.56 Å². The zero-order valence-electron chi connectivity index (χ0n) is 5.20. The van der Waals surface area contributed by atoms with Crippen molar-refractivity contribution < 1.29 is 22.4 Å². The third kappa shape index (κ3) is 1.98. The molecule has 5 heteroatoms. The third-order valence-corrected chi connectivity index (χ3v) is 1.00. The van der Waals surface area contributed by atoms with Crippen LogP contribution in [0, 0.1) is 6.92 Å². The van der Waals surface area contributed by atoms with Crippen LogP contribution in [0.3, 0.4) is 0 Å². The average molecular weight is 323 g/mol. The van der Waals surface area contributed by atoms with Gasteiger partial charge in [-0.1, -0.05) is 0 Å². The summed E-state index contributed by atoms with van der Waals surface area (Å²) in [7, 11) is 0. The Morgan fingerprint density at radius 3 is 2.40 bits per heavy atom. The molecule has 0 unspecified atom stereocenters. The van der Waals surface area contributed by atoms with Gasteiger partial charge < -0.3 is 4.98 Å². The van der Waals surface area contributed by atoms with Crippen LogP contribution in [0.1, 0.15) is 5.56 Å². The maximum Gasteiger partial charge on any atom is 0.325 e. The molecule has 0 atom stereocenters. The minimum Gasteiger partial charge on any atom is -0.314 e. The minimum atomic E-state index is -0.467. The van der Waals surface area contributed by atoms with Crippen LogP contribution in [0.25, 0.3) is 0 Å². The van der Waals surface area contributed by atoms with Crippen molar-refractivity contribution >= 4 is 0 Å². The number of aromatic amines is 2. The van der Waals surface area contributed by atoms with Crippen LogP contribution in [-0.2, 0) is 22.4 Å². The van der Waals surface area contributed by atoms with Gasteiger partial charge in [0.1, 0.15) is 0 Å². The molecular weight excluding hydrogens is 317 g/mol. The summed E-state index contributed by atoms with van der Waals surface area (Å²) in [5, 5.41) is 0. The van der Waals surface area contributed by atoms with Crippen LogP contribution in [0.15, 0.2) is 15.8 Å². The number of aryl methyl sites for hydroxylation is 1. The molecular formula is C5H6AuN2O2. The van der Waals surface area contributed by atoms with Crippen molar-refractivity contribution in [2.45, 2.75) is 6.92 Å². The summed E-state index contributed by atoms with van der Waals surface area (Å²) in [6.45, 7) is 1.62. The first-order valence-electron chi connectivity index (χ1n) is 2.49. The molecule has 1 rings (SSSR count). The van der Waals surface area contributed by atoms with E-state index in [0.717, 1.165) is 0 Å². The van der Waals surface area contributed by atoms with Crippen molar-refractivity contribution in [1.82, 2.24) is 9.97 Å². The molecule has 0 aliphatic carbocycles. The molecule has 0 saturated heterocycles. The van der Waals surface area contributed by atoms with Gasteiger partial charge in [-0.05, 0) is 6.92 Å². The quantitative estimate of drug-likeness (QED) is 0.625. The molecule has 0 aliphatic rings. The van der Waals surface area contributed by atoms with Crippen molar-refractivity contribution in [2.24, 2.45) is 0 Å². The Balaban J connectivity index is 0.000000810. The Morgan fingerprint density at radius 1 is 1.40 bits per heavy atom. The molecule has 0 aliphatic heterocycles. The molecule has 1 heterocycles. The molecule has 0 amide bonds. The van der Waals surface area contributed by atoms with Crippen LogP contribution in [0.2, 0.25) is 0 Å². The normalized spacial score (nSPS) is 8.50. The Kier molecular flexibility index (Phi) is 3.35. The van der Waals surface area contributed by atoms with Crippen molar-refractivity contribution in [3.63, 3.8) is 0 Å². The zero-order valence-corrected chi connectivity index (χ0v) is 7.36. The molecule has 0 saturated carbocycles. The minimum absolute atomic E-state index is 0. The molecule has 1 aromatic rings. The Bertz CT molecular complexity index is 314. The van der Waals surface area contributed by atoms with E-state index >= 15 is 0 Å². The summed E-state index contributed by atoms with van der Waals surface area (Å²) in [5.41, 5.74) is -0.293. The van der Waals surface area contributed by atoms with Gasteiger partial charge in [0.2, 0.25) is 0 Å². The molecule has 0 fully saturated rings.